The minimum absolute atomic E-state index is 0.116. The van der Waals surface area contributed by atoms with Crippen LogP contribution in [-0.4, -0.2) is 40.0 Å². The predicted molar refractivity (Wildman–Crippen MR) is 107 cm³/mol. The molecule has 144 valence electrons. The number of ether oxygens (including phenoxy) is 1. The van der Waals surface area contributed by atoms with E-state index in [1.807, 2.05) is 30.3 Å². The summed E-state index contributed by atoms with van der Waals surface area (Å²) in [7, 11) is 0. The number of aromatic amines is 1. The van der Waals surface area contributed by atoms with Gasteiger partial charge in [0.1, 0.15) is 24.0 Å². The number of carbonyl (C=O) groups is 1. The fourth-order valence-electron chi connectivity index (χ4n) is 2.20. The lowest BCUT2D eigenvalue weighted by Gasteiger charge is -2.06. The number of halogens is 1. The number of thioether (sulfide) groups is 1. The molecule has 0 saturated heterocycles. The van der Waals surface area contributed by atoms with Crippen LogP contribution >= 0.6 is 11.8 Å². The van der Waals surface area contributed by atoms with Crippen LogP contribution in [0.15, 0.2) is 59.8 Å². The van der Waals surface area contributed by atoms with Crippen molar-refractivity contribution in [2.75, 3.05) is 18.9 Å². The van der Waals surface area contributed by atoms with Gasteiger partial charge in [-0.2, -0.15) is 0 Å². The van der Waals surface area contributed by atoms with Crippen LogP contribution in [0.2, 0.25) is 0 Å². The Balaban J connectivity index is 1.36. The fraction of sp³-hybridized carbons (Fsp3) is 0.150. The number of para-hydroxylation sites is 1. The van der Waals surface area contributed by atoms with Gasteiger partial charge in [0.25, 0.3) is 0 Å². The molecule has 6 nitrogen and oxygen atoms in total. The summed E-state index contributed by atoms with van der Waals surface area (Å²) in [5, 5.41) is 10.1. The van der Waals surface area contributed by atoms with Gasteiger partial charge in [0.05, 0.1) is 12.3 Å². The Morgan fingerprint density at radius 3 is 2.71 bits per heavy atom. The van der Waals surface area contributed by atoms with E-state index in [9.17, 15) is 9.18 Å². The van der Waals surface area contributed by atoms with Crippen molar-refractivity contribution in [3.05, 3.63) is 71.8 Å². The molecule has 0 fully saturated rings. The second-order valence-electron chi connectivity index (χ2n) is 5.69. The van der Waals surface area contributed by atoms with Crippen molar-refractivity contribution in [3.63, 3.8) is 0 Å². The first-order valence-electron chi connectivity index (χ1n) is 8.62. The molecule has 0 atom stereocenters. The maximum atomic E-state index is 12.9. The second kappa shape index (κ2) is 10.3. The van der Waals surface area contributed by atoms with Crippen LogP contribution in [0.5, 0.6) is 5.75 Å². The third-order valence-electron chi connectivity index (χ3n) is 3.55. The predicted octanol–water partition coefficient (Wildman–Crippen LogP) is 3.40. The van der Waals surface area contributed by atoms with Crippen LogP contribution in [0.25, 0.3) is 12.2 Å². The molecule has 8 heteroatoms. The summed E-state index contributed by atoms with van der Waals surface area (Å²) in [6.07, 6.45) is 3.54. The molecule has 0 bridgehead atoms. The van der Waals surface area contributed by atoms with E-state index in [2.05, 4.69) is 20.5 Å². The number of nitrogens with one attached hydrogen (secondary N) is 2. The quantitative estimate of drug-likeness (QED) is 0.427. The van der Waals surface area contributed by atoms with Gasteiger partial charge in [0.15, 0.2) is 0 Å². The Kier molecular flexibility index (Phi) is 7.20. The van der Waals surface area contributed by atoms with Crippen molar-refractivity contribution < 1.29 is 13.9 Å². The van der Waals surface area contributed by atoms with E-state index in [1.165, 1.54) is 23.9 Å². The van der Waals surface area contributed by atoms with Crippen LogP contribution in [-0.2, 0) is 4.79 Å². The Labute approximate surface area is 166 Å². The van der Waals surface area contributed by atoms with Gasteiger partial charge < -0.3 is 10.1 Å². The summed E-state index contributed by atoms with van der Waals surface area (Å²) in [6.45, 7) is 0.827. The molecule has 0 saturated carbocycles. The minimum atomic E-state index is -0.277. The van der Waals surface area contributed by atoms with Crippen LogP contribution in [0.4, 0.5) is 4.39 Å². The number of rotatable bonds is 9. The van der Waals surface area contributed by atoms with Gasteiger partial charge in [0, 0.05) is 0 Å². The highest BCUT2D eigenvalue weighted by molar-refractivity contribution is 7.99. The number of aromatic nitrogens is 3. The third kappa shape index (κ3) is 6.55. The summed E-state index contributed by atoms with van der Waals surface area (Å²) in [5.74, 6) is 1.15. The molecule has 0 aliphatic rings. The number of nitrogens with zero attached hydrogens (tertiary/aromatic N) is 2. The van der Waals surface area contributed by atoms with Gasteiger partial charge in [-0.1, -0.05) is 48.2 Å². The second-order valence-corrected chi connectivity index (χ2v) is 6.63. The maximum Gasteiger partial charge on any atom is 0.230 e. The van der Waals surface area contributed by atoms with Gasteiger partial charge in [0.2, 0.25) is 11.1 Å². The molecule has 3 aromatic rings. The van der Waals surface area contributed by atoms with Crippen molar-refractivity contribution in [2.45, 2.75) is 5.16 Å². The largest absolute Gasteiger partial charge is 0.492 e. The molecule has 1 heterocycles. The third-order valence-corrected chi connectivity index (χ3v) is 4.40. The van der Waals surface area contributed by atoms with Crippen LogP contribution in [0.1, 0.15) is 11.4 Å². The number of amides is 1. The van der Waals surface area contributed by atoms with Crippen LogP contribution in [0.3, 0.4) is 0 Å². The summed E-state index contributed by atoms with van der Waals surface area (Å²) in [5.41, 5.74) is 0.851. The van der Waals surface area contributed by atoms with Gasteiger partial charge in [-0.15, -0.1) is 5.10 Å². The van der Waals surface area contributed by atoms with Crippen molar-refractivity contribution in [3.8, 4) is 5.75 Å². The zero-order valence-corrected chi connectivity index (χ0v) is 15.8. The molecular weight excluding hydrogens is 379 g/mol. The lowest BCUT2D eigenvalue weighted by molar-refractivity contribution is -0.118. The molecule has 3 rings (SSSR count). The van der Waals surface area contributed by atoms with E-state index in [0.717, 1.165) is 11.3 Å². The molecule has 0 radical (unpaired) electrons. The normalized spacial score (nSPS) is 10.9. The fourth-order valence-corrected chi connectivity index (χ4v) is 2.84. The molecule has 1 aromatic heterocycles. The van der Waals surface area contributed by atoms with E-state index < -0.39 is 0 Å². The summed E-state index contributed by atoms with van der Waals surface area (Å²) in [6, 6.07) is 15.6. The highest BCUT2D eigenvalue weighted by Gasteiger charge is 2.06. The smallest absolute Gasteiger partial charge is 0.230 e. The molecular formula is C20H19FN4O2S. The highest BCUT2D eigenvalue weighted by atomic mass is 32.2. The zero-order valence-electron chi connectivity index (χ0n) is 15.0. The van der Waals surface area contributed by atoms with Gasteiger partial charge >= 0.3 is 0 Å². The lowest BCUT2D eigenvalue weighted by atomic mass is 10.2. The monoisotopic (exact) mass is 398 g/mol. The van der Waals surface area contributed by atoms with E-state index in [-0.39, 0.29) is 17.5 Å². The van der Waals surface area contributed by atoms with E-state index in [1.54, 1.807) is 24.3 Å². The van der Waals surface area contributed by atoms with Crippen molar-refractivity contribution >= 4 is 29.8 Å². The average Bonchev–Trinajstić information content (AvgIpc) is 3.18. The molecule has 0 spiro atoms. The van der Waals surface area contributed by atoms with Crippen molar-refractivity contribution in [2.24, 2.45) is 0 Å². The Hall–Kier alpha value is -3.13. The SMILES string of the molecule is O=C(CSc1n[nH]c(C=Cc2ccc(F)cc2)n1)NCCOc1ccccc1. The van der Waals surface area contributed by atoms with Crippen LogP contribution in [0, 0.1) is 5.82 Å². The maximum absolute atomic E-state index is 12.9. The molecule has 0 unspecified atom stereocenters. The first-order valence-corrected chi connectivity index (χ1v) is 9.61. The first-order chi connectivity index (χ1) is 13.7. The number of H-pyrrole nitrogens is 1. The summed E-state index contributed by atoms with van der Waals surface area (Å²) in [4.78, 5) is 16.2. The van der Waals surface area contributed by atoms with Gasteiger partial charge in [-0.25, -0.2) is 9.37 Å². The van der Waals surface area contributed by atoms with E-state index >= 15 is 0 Å². The Morgan fingerprint density at radius 1 is 1.14 bits per heavy atom. The van der Waals surface area contributed by atoms with Gasteiger partial charge in [-0.05, 0) is 35.9 Å². The molecule has 0 aliphatic heterocycles. The molecule has 2 N–H and O–H groups in total. The average molecular weight is 398 g/mol. The van der Waals surface area contributed by atoms with Crippen molar-refractivity contribution in [1.29, 1.82) is 0 Å². The minimum Gasteiger partial charge on any atom is -0.492 e. The van der Waals surface area contributed by atoms with E-state index in [4.69, 9.17) is 4.74 Å². The summed E-state index contributed by atoms with van der Waals surface area (Å²) < 4.78 is 18.4. The molecule has 28 heavy (non-hydrogen) atoms. The number of benzene rings is 2. The van der Waals surface area contributed by atoms with Crippen molar-refractivity contribution in [1.82, 2.24) is 20.5 Å². The Morgan fingerprint density at radius 2 is 1.93 bits per heavy atom. The van der Waals surface area contributed by atoms with Gasteiger partial charge in [-0.3, -0.25) is 9.89 Å². The number of carbonyl (C=O) groups excluding carboxylic acids is 1. The number of hydrogen-bond donors (Lipinski definition) is 2. The lowest BCUT2D eigenvalue weighted by Crippen LogP contribution is -2.29. The molecule has 0 aliphatic carbocycles. The topological polar surface area (TPSA) is 79.9 Å². The van der Waals surface area contributed by atoms with Crippen LogP contribution < -0.4 is 10.1 Å². The Bertz CT molecular complexity index is 913. The zero-order chi connectivity index (χ0) is 19.6. The number of hydrogen-bond acceptors (Lipinski definition) is 5. The van der Waals surface area contributed by atoms with E-state index in [0.29, 0.717) is 24.1 Å². The standard InChI is InChI=1S/C20H19FN4O2S/c21-16-9-6-15(7-10-16)8-11-18-23-20(25-24-18)28-14-19(26)22-12-13-27-17-4-2-1-3-5-17/h1-11H,12-14H2,(H,22,26)(H,23,24,25). The first kappa shape index (κ1) is 19.6. The summed E-state index contributed by atoms with van der Waals surface area (Å²) >= 11 is 1.24. The molecule has 1 amide bonds. The molecule has 2 aromatic carbocycles. The highest BCUT2D eigenvalue weighted by Crippen LogP contribution is 2.13.